The van der Waals surface area contributed by atoms with E-state index in [0.717, 1.165) is 23.1 Å². The molecule has 0 aromatic heterocycles. The van der Waals surface area contributed by atoms with Crippen molar-refractivity contribution in [3.63, 3.8) is 0 Å². The largest absolute Gasteiger partial charge is 0.341 e. The summed E-state index contributed by atoms with van der Waals surface area (Å²) in [5.74, 6) is -0.0173. The summed E-state index contributed by atoms with van der Waals surface area (Å²) in [6, 6.07) is 18.2. The summed E-state index contributed by atoms with van der Waals surface area (Å²) in [6.07, 6.45) is 2.81. The lowest BCUT2D eigenvalue weighted by Crippen LogP contribution is -2.29. The van der Waals surface area contributed by atoms with Crippen molar-refractivity contribution in [3.05, 3.63) is 82.9 Å². The third-order valence-electron chi connectivity index (χ3n) is 3.69. The van der Waals surface area contributed by atoms with Crippen molar-refractivity contribution in [1.82, 2.24) is 5.32 Å². The monoisotopic (exact) mass is 293 g/mol. The minimum absolute atomic E-state index is 0.0173. The molecule has 2 rings (SSSR count). The molecule has 1 amide bonds. The number of aryl methyl sites for hydroxylation is 1. The number of hydrogen-bond acceptors (Lipinski definition) is 1. The number of hydrogen-bond donors (Lipinski definition) is 1. The zero-order valence-corrected chi connectivity index (χ0v) is 13.5. The zero-order chi connectivity index (χ0) is 15.9. The van der Waals surface area contributed by atoms with E-state index in [1.165, 1.54) is 5.56 Å². The summed E-state index contributed by atoms with van der Waals surface area (Å²) in [5.41, 5.74) is 4.15. The second-order valence-corrected chi connectivity index (χ2v) is 5.52. The molecule has 0 saturated carbocycles. The van der Waals surface area contributed by atoms with E-state index in [-0.39, 0.29) is 11.9 Å². The van der Waals surface area contributed by atoms with Gasteiger partial charge >= 0.3 is 0 Å². The molecule has 0 aliphatic rings. The Morgan fingerprint density at radius 2 is 1.64 bits per heavy atom. The van der Waals surface area contributed by atoms with Gasteiger partial charge in [-0.25, -0.2) is 0 Å². The average Bonchev–Trinajstić information content (AvgIpc) is 2.54. The highest BCUT2D eigenvalue weighted by molar-refractivity contribution is 5.93. The molecule has 0 saturated heterocycles. The van der Waals surface area contributed by atoms with Crippen molar-refractivity contribution in [2.45, 2.75) is 33.2 Å². The number of amides is 1. The number of nitrogens with one attached hydrogen (secondary N) is 1. The summed E-state index contributed by atoms with van der Waals surface area (Å²) in [6.45, 7) is 5.95. The number of allylic oxidation sites excluding steroid dienone is 1. The SMILES string of the molecule is CCC=C(C)C(=O)NC(c1ccccc1)c1ccc(C)cc1. The summed E-state index contributed by atoms with van der Waals surface area (Å²) in [4.78, 5) is 12.4. The summed E-state index contributed by atoms with van der Waals surface area (Å²) in [7, 11) is 0. The van der Waals surface area contributed by atoms with Crippen molar-refractivity contribution in [3.8, 4) is 0 Å². The van der Waals surface area contributed by atoms with E-state index in [1.807, 2.05) is 50.3 Å². The maximum absolute atomic E-state index is 12.4. The Kier molecular flexibility index (Phi) is 5.54. The van der Waals surface area contributed by atoms with E-state index in [0.29, 0.717) is 0 Å². The molecule has 2 aromatic carbocycles. The van der Waals surface area contributed by atoms with Gasteiger partial charge < -0.3 is 5.32 Å². The summed E-state index contributed by atoms with van der Waals surface area (Å²) in [5, 5.41) is 3.15. The predicted octanol–water partition coefficient (Wildman–Crippen LogP) is 4.56. The molecule has 0 aliphatic carbocycles. The third-order valence-corrected chi connectivity index (χ3v) is 3.69. The maximum Gasteiger partial charge on any atom is 0.247 e. The van der Waals surface area contributed by atoms with Gasteiger partial charge in [0, 0.05) is 5.57 Å². The van der Waals surface area contributed by atoms with E-state index in [2.05, 4.69) is 36.5 Å². The van der Waals surface area contributed by atoms with Crippen LogP contribution in [0.1, 0.15) is 43.0 Å². The van der Waals surface area contributed by atoms with Gasteiger partial charge in [-0.3, -0.25) is 4.79 Å². The Hall–Kier alpha value is -2.35. The van der Waals surface area contributed by atoms with Crippen LogP contribution in [0.3, 0.4) is 0 Å². The van der Waals surface area contributed by atoms with Crippen molar-refractivity contribution in [1.29, 1.82) is 0 Å². The fraction of sp³-hybridized carbons (Fsp3) is 0.250. The molecule has 2 nitrogen and oxygen atoms in total. The first-order chi connectivity index (χ1) is 10.6. The molecule has 2 heteroatoms. The lowest BCUT2D eigenvalue weighted by atomic mass is 9.97. The van der Waals surface area contributed by atoms with E-state index < -0.39 is 0 Å². The van der Waals surface area contributed by atoms with Crippen LogP contribution >= 0.6 is 0 Å². The fourth-order valence-corrected chi connectivity index (χ4v) is 2.41. The van der Waals surface area contributed by atoms with E-state index in [1.54, 1.807) is 0 Å². The first-order valence-electron chi connectivity index (χ1n) is 7.71. The van der Waals surface area contributed by atoms with Gasteiger partial charge in [0.05, 0.1) is 6.04 Å². The normalized spacial score (nSPS) is 12.8. The van der Waals surface area contributed by atoms with Crippen LogP contribution in [0.5, 0.6) is 0 Å². The van der Waals surface area contributed by atoms with Gasteiger partial charge in [-0.15, -0.1) is 0 Å². The molecule has 0 spiro atoms. The topological polar surface area (TPSA) is 29.1 Å². The second kappa shape index (κ2) is 7.60. The molecule has 0 bridgehead atoms. The smallest absolute Gasteiger partial charge is 0.247 e. The van der Waals surface area contributed by atoms with Crippen LogP contribution in [0.2, 0.25) is 0 Å². The highest BCUT2D eigenvalue weighted by Crippen LogP contribution is 2.22. The zero-order valence-electron chi connectivity index (χ0n) is 13.5. The van der Waals surface area contributed by atoms with Gasteiger partial charge in [-0.05, 0) is 31.4 Å². The molecule has 2 aromatic rings. The summed E-state index contributed by atoms with van der Waals surface area (Å²) >= 11 is 0. The van der Waals surface area contributed by atoms with Crippen LogP contribution < -0.4 is 5.32 Å². The number of benzene rings is 2. The third kappa shape index (κ3) is 4.08. The van der Waals surface area contributed by atoms with Crippen LogP contribution in [0, 0.1) is 6.92 Å². The Morgan fingerprint density at radius 1 is 1.05 bits per heavy atom. The van der Waals surface area contributed by atoms with Crippen LogP contribution in [0.4, 0.5) is 0 Å². The molecular weight excluding hydrogens is 270 g/mol. The minimum Gasteiger partial charge on any atom is -0.341 e. The van der Waals surface area contributed by atoms with Crippen LogP contribution in [0.15, 0.2) is 66.2 Å². The molecule has 1 N–H and O–H groups in total. The van der Waals surface area contributed by atoms with Gasteiger partial charge in [0.15, 0.2) is 0 Å². The molecule has 0 fully saturated rings. The molecule has 0 aliphatic heterocycles. The Morgan fingerprint density at radius 3 is 2.23 bits per heavy atom. The molecule has 1 unspecified atom stereocenters. The number of carbonyl (C=O) groups is 1. The van der Waals surface area contributed by atoms with Gasteiger partial charge in [0.1, 0.15) is 0 Å². The van der Waals surface area contributed by atoms with Gasteiger partial charge in [-0.1, -0.05) is 73.2 Å². The Balaban J connectivity index is 2.32. The molecule has 1 atom stereocenters. The van der Waals surface area contributed by atoms with Crippen LogP contribution in [-0.2, 0) is 4.79 Å². The van der Waals surface area contributed by atoms with Crippen molar-refractivity contribution < 1.29 is 4.79 Å². The fourth-order valence-electron chi connectivity index (χ4n) is 2.41. The first kappa shape index (κ1) is 16.0. The van der Waals surface area contributed by atoms with Crippen molar-refractivity contribution in [2.24, 2.45) is 0 Å². The Labute approximate surface area is 132 Å². The van der Waals surface area contributed by atoms with E-state index in [9.17, 15) is 4.79 Å². The highest BCUT2D eigenvalue weighted by Gasteiger charge is 2.17. The summed E-state index contributed by atoms with van der Waals surface area (Å²) < 4.78 is 0. The van der Waals surface area contributed by atoms with E-state index in [4.69, 9.17) is 0 Å². The molecule has 22 heavy (non-hydrogen) atoms. The molecule has 114 valence electrons. The quantitative estimate of drug-likeness (QED) is 0.805. The minimum atomic E-state index is -0.130. The van der Waals surface area contributed by atoms with Gasteiger partial charge in [0.2, 0.25) is 5.91 Å². The lowest BCUT2D eigenvalue weighted by molar-refractivity contribution is -0.117. The first-order valence-corrected chi connectivity index (χ1v) is 7.71. The molecule has 0 radical (unpaired) electrons. The van der Waals surface area contributed by atoms with E-state index >= 15 is 0 Å². The second-order valence-electron chi connectivity index (χ2n) is 5.52. The number of carbonyl (C=O) groups excluding carboxylic acids is 1. The van der Waals surface area contributed by atoms with Crippen molar-refractivity contribution in [2.75, 3.05) is 0 Å². The van der Waals surface area contributed by atoms with Gasteiger partial charge in [0.25, 0.3) is 0 Å². The number of rotatable bonds is 5. The highest BCUT2D eigenvalue weighted by atomic mass is 16.1. The van der Waals surface area contributed by atoms with Crippen LogP contribution in [-0.4, -0.2) is 5.91 Å². The predicted molar refractivity (Wildman–Crippen MR) is 91.7 cm³/mol. The van der Waals surface area contributed by atoms with Crippen LogP contribution in [0.25, 0.3) is 0 Å². The van der Waals surface area contributed by atoms with Crippen molar-refractivity contribution >= 4 is 5.91 Å². The average molecular weight is 293 g/mol. The lowest BCUT2D eigenvalue weighted by Gasteiger charge is -2.20. The standard InChI is InChI=1S/C20H23NO/c1-4-8-16(3)20(22)21-19(17-9-6-5-7-10-17)18-13-11-15(2)12-14-18/h5-14,19H,4H2,1-3H3,(H,21,22). The molecular formula is C20H23NO. The van der Waals surface area contributed by atoms with Gasteiger partial charge in [-0.2, -0.15) is 0 Å². The Bertz CT molecular complexity index is 641. The maximum atomic E-state index is 12.4. The molecule has 0 heterocycles.